The smallest absolute Gasteiger partial charge is 0.248 e. The van der Waals surface area contributed by atoms with E-state index in [1.807, 2.05) is 4.90 Å². The second-order valence-corrected chi connectivity index (χ2v) is 11.4. The fourth-order valence-electron chi connectivity index (χ4n) is 6.99. The van der Waals surface area contributed by atoms with Gasteiger partial charge in [-0.1, -0.05) is 46.0 Å². The van der Waals surface area contributed by atoms with Gasteiger partial charge in [-0.25, -0.2) is 0 Å². The van der Waals surface area contributed by atoms with Crippen LogP contribution in [0.15, 0.2) is 0 Å². The van der Waals surface area contributed by atoms with E-state index in [0.717, 1.165) is 75.8 Å². The number of aryl methyl sites for hydroxylation is 2. The molecule has 1 spiro atoms. The summed E-state index contributed by atoms with van der Waals surface area (Å²) >= 11 is 0. The van der Waals surface area contributed by atoms with Crippen LogP contribution in [0.25, 0.3) is 0 Å². The number of hydrogen-bond donors (Lipinski definition) is 3. The normalized spacial score (nSPS) is 25.2. The molecule has 2 saturated heterocycles. The SMILES string of the molecule is CCCCN1C(=O)[C@@H]([C@H](O)C2CCCCC2)NC(=O)C12CCN(C(CCC)c1c(C)n[nH]c1C)CC2. The first kappa shape index (κ1) is 27.1. The number of unbranched alkanes of at least 4 members (excludes halogenated alkanes) is 1. The van der Waals surface area contributed by atoms with Gasteiger partial charge in [-0.3, -0.25) is 19.6 Å². The number of aromatic nitrogens is 2. The molecule has 3 fully saturated rings. The number of piperazine rings is 1. The zero-order valence-corrected chi connectivity index (χ0v) is 22.8. The summed E-state index contributed by atoms with van der Waals surface area (Å²) in [6, 6.07) is -0.552. The summed E-state index contributed by atoms with van der Waals surface area (Å²) in [6.45, 7) is 10.6. The molecule has 0 bridgehead atoms. The summed E-state index contributed by atoms with van der Waals surface area (Å²) in [5.41, 5.74) is 2.61. The molecular weight excluding hydrogens is 454 g/mol. The summed E-state index contributed by atoms with van der Waals surface area (Å²) in [6.07, 6.45) is 9.60. The standard InChI is InChI=1S/C28H47N5O3/c1-5-7-16-33-26(35)24(25(34)21-12-9-8-10-13-21)29-27(36)28(33)14-17-32(18-15-28)22(11-6-2)23-19(3)30-31-20(23)4/h21-22,24-25,34H,5-18H2,1-4H3,(H,29,36)(H,30,31)/t22?,24-,25-/m1/s1. The Morgan fingerprint density at radius 3 is 2.36 bits per heavy atom. The number of H-pyrrole nitrogens is 1. The minimum atomic E-state index is -0.817. The number of piperidine rings is 1. The highest BCUT2D eigenvalue weighted by molar-refractivity contribution is 6.00. The lowest BCUT2D eigenvalue weighted by atomic mass is 9.77. The van der Waals surface area contributed by atoms with Crippen LogP contribution in [0.1, 0.15) is 107 Å². The van der Waals surface area contributed by atoms with E-state index in [2.05, 4.69) is 48.1 Å². The van der Waals surface area contributed by atoms with Gasteiger partial charge in [0.05, 0.1) is 11.8 Å². The van der Waals surface area contributed by atoms with Crippen LogP contribution in [0.5, 0.6) is 0 Å². The molecule has 3 heterocycles. The Labute approximate surface area is 216 Å². The Bertz CT molecular complexity index is 881. The van der Waals surface area contributed by atoms with Gasteiger partial charge < -0.3 is 15.3 Å². The lowest BCUT2D eigenvalue weighted by molar-refractivity contribution is -0.166. The molecule has 1 aromatic rings. The first-order valence-electron chi connectivity index (χ1n) is 14.4. The van der Waals surface area contributed by atoms with E-state index in [1.165, 1.54) is 12.0 Å². The molecule has 1 unspecified atom stereocenters. The molecule has 2 amide bonds. The van der Waals surface area contributed by atoms with E-state index in [0.29, 0.717) is 19.4 Å². The van der Waals surface area contributed by atoms with Crippen LogP contribution in [-0.4, -0.2) is 74.2 Å². The number of amides is 2. The third kappa shape index (κ3) is 5.08. The highest BCUT2D eigenvalue weighted by Gasteiger charge is 2.55. The maximum Gasteiger partial charge on any atom is 0.248 e. The van der Waals surface area contributed by atoms with E-state index >= 15 is 0 Å². The van der Waals surface area contributed by atoms with E-state index < -0.39 is 17.7 Å². The van der Waals surface area contributed by atoms with Crippen LogP contribution < -0.4 is 5.32 Å². The van der Waals surface area contributed by atoms with E-state index in [-0.39, 0.29) is 23.8 Å². The maximum absolute atomic E-state index is 13.9. The van der Waals surface area contributed by atoms with Gasteiger partial charge in [0.1, 0.15) is 11.6 Å². The summed E-state index contributed by atoms with van der Waals surface area (Å²) in [5, 5.41) is 21.8. The topological polar surface area (TPSA) is 102 Å². The van der Waals surface area contributed by atoms with Crippen LogP contribution in [0.4, 0.5) is 0 Å². The van der Waals surface area contributed by atoms with Crippen molar-refractivity contribution in [2.45, 2.75) is 122 Å². The van der Waals surface area contributed by atoms with Crippen LogP contribution >= 0.6 is 0 Å². The summed E-state index contributed by atoms with van der Waals surface area (Å²) in [7, 11) is 0. The molecule has 1 aliphatic carbocycles. The Morgan fingerprint density at radius 2 is 1.78 bits per heavy atom. The zero-order chi connectivity index (χ0) is 25.9. The fourth-order valence-corrected chi connectivity index (χ4v) is 6.99. The van der Waals surface area contributed by atoms with Crippen molar-refractivity contribution >= 4 is 11.8 Å². The van der Waals surface area contributed by atoms with Crippen molar-refractivity contribution in [3.05, 3.63) is 17.0 Å². The number of aromatic amines is 1. The van der Waals surface area contributed by atoms with Crippen LogP contribution in [0.3, 0.4) is 0 Å². The van der Waals surface area contributed by atoms with Crippen molar-refractivity contribution in [2.24, 2.45) is 5.92 Å². The van der Waals surface area contributed by atoms with Crippen molar-refractivity contribution in [3.8, 4) is 0 Å². The predicted octanol–water partition coefficient (Wildman–Crippen LogP) is 3.77. The van der Waals surface area contributed by atoms with Gasteiger partial charge in [-0.15, -0.1) is 0 Å². The molecule has 4 rings (SSSR count). The molecule has 3 N–H and O–H groups in total. The predicted molar refractivity (Wildman–Crippen MR) is 140 cm³/mol. The average molecular weight is 502 g/mol. The molecule has 36 heavy (non-hydrogen) atoms. The number of carbonyl (C=O) groups excluding carboxylic acids is 2. The fraction of sp³-hybridized carbons (Fsp3) is 0.821. The van der Waals surface area contributed by atoms with Gasteiger partial charge in [0.15, 0.2) is 0 Å². The van der Waals surface area contributed by atoms with E-state index in [9.17, 15) is 14.7 Å². The lowest BCUT2D eigenvalue weighted by Crippen LogP contribution is -2.75. The Balaban J connectivity index is 1.54. The van der Waals surface area contributed by atoms with Crippen molar-refractivity contribution in [3.63, 3.8) is 0 Å². The molecule has 8 nitrogen and oxygen atoms in total. The molecule has 0 aromatic carbocycles. The van der Waals surface area contributed by atoms with Crippen molar-refractivity contribution in [1.82, 2.24) is 25.3 Å². The van der Waals surface area contributed by atoms with Gasteiger partial charge in [-0.2, -0.15) is 5.10 Å². The molecule has 0 radical (unpaired) electrons. The third-order valence-electron chi connectivity index (χ3n) is 9.11. The average Bonchev–Trinajstić information content (AvgIpc) is 3.23. The highest BCUT2D eigenvalue weighted by Crippen LogP contribution is 2.39. The number of hydrogen-bond acceptors (Lipinski definition) is 5. The first-order chi connectivity index (χ1) is 17.3. The molecule has 1 aromatic heterocycles. The van der Waals surface area contributed by atoms with Gasteiger partial charge in [-0.05, 0) is 58.3 Å². The molecule has 8 heteroatoms. The number of aliphatic hydroxyl groups is 1. The summed E-state index contributed by atoms with van der Waals surface area (Å²) in [4.78, 5) is 32.0. The summed E-state index contributed by atoms with van der Waals surface area (Å²) < 4.78 is 0. The van der Waals surface area contributed by atoms with Gasteiger partial charge in [0.25, 0.3) is 0 Å². The second kappa shape index (κ2) is 11.6. The maximum atomic E-state index is 13.9. The quantitative estimate of drug-likeness (QED) is 0.478. The van der Waals surface area contributed by atoms with Crippen LogP contribution in [0.2, 0.25) is 0 Å². The second-order valence-electron chi connectivity index (χ2n) is 11.4. The van der Waals surface area contributed by atoms with Crippen molar-refractivity contribution < 1.29 is 14.7 Å². The Hall–Kier alpha value is -1.93. The molecular formula is C28H47N5O3. The monoisotopic (exact) mass is 501 g/mol. The zero-order valence-electron chi connectivity index (χ0n) is 22.8. The molecule has 2 aliphatic heterocycles. The Kier molecular flexibility index (Phi) is 8.76. The number of rotatable bonds is 9. The van der Waals surface area contributed by atoms with Crippen molar-refractivity contribution in [1.29, 1.82) is 0 Å². The van der Waals surface area contributed by atoms with Gasteiger partial charge in [0.2, 0.25) is 11.8 Å². The van der Waals surface area contributed by atoms with Gasteiger partial charge >= 0.3 is 0 Å². The molecule has 3 aliphatic rings. The molecule has 202 valence electrons. The highest BCUT2D eigenvalue weighted by atomic mass is 16.3. The van der Waals surface area contributed by atoms with Gasteiger partial charge in [0, 0.05) is 36.9 Å². The minimum Gasteiger partial charge on any atom is -0.390 e. The van der Waals surface area contributed by atoms with E-state index in [1.54, 1.807) is 0 Å². The summed E-state index contributed by atoms with van der Waals surface area (Å²) in [5.74, 6) is -0.0604. The van der Waals surface area contributed by atoms with E-state index in [4.69, 9.17) is 0 Å². The minimum absolute atomic E-state index is 0.0690. The first-order valence-corrected chi connectivity index (χ1v) is 14.4. The number of aliphatic hydroxyl groups excluding tert-OH is 1. The van der Waals surface area contributed by atoms with Crippen molar-refractivity contribution in [2.75, 3.05) is 19.6 Å². The Morgan fingerprint density at radius 1 is 1.08 bits per heavy atom. The number of carbonyl (C=O) groups is 2. The largest absolute Gasteiger partial charge is 0.390 e. The lowest BCUT2D eigenvalue weighted by Gasteiger charge is -2.53. The molecule has 1 saturated carbocycles. The van der Waals surface area contributed by atoms with Crippen LogP contribution in [-0.2, 0) is 9.59 Å². The number of likely N-dealkylation sites (tertiary alicyclic amines) is 1. The molecule has 3 atom stereocenters. The number of nitrogens with one attached hydrogen (secondary N) is 2. The number of nitrogens with zero attached hydrogens (tertiary/aromatic N) is 3. The third-order valence-corrected chi connectivity index (χ3v) is 9.11. The van der Waals surface area contributed by atoms with Crippen LogP contribution in [0, 0.1) is 19.8 Å².